The Hall–Kier alpha value is -2.40. The standard InChI is InChI=1S/C24H35N5/c1-4-20(21-9-8-17(12-16(21)2)18(13-25)14-27-3)24(26)22-15-28-11-10-23(22)29-19-6-5-7-19/h8-9,12-14,19-20,28H,4-7,10-11,15,25-26H2,1-3H3. The minimum atomic E-state index is 0.190. The molecule has 1 heterocycles. The fourth-order valence-electron chi connectivity index (χ4n) is 4.24. The van der Waals surface area contributed by atoms with Crippen LogP contribution in [0.15, 0.2) is 45.7 Å². The fraction of sp³-hybridized carbons (Fsp3) is 0.500. The summed E-state index contributed by atoms with van der Waals surface area (Å²) in [6.07, 6.45) is 9.08. The Labute approximate surface area is 175 Å². The Bertz CT molecular complexity index is 843. The van der Waals surface area contributed by atoms with Crippen LogP contribution in [0.1, 0.15) is 61.6 Å². The van der Waals surface area contributed by atoms with Gasteiger partial charge in [0.15, 0.2) is 0 Å². The van der Waals surface area contributed by atoms with Crippen molar-refractivity contribution < 1.29 is 0 Å². The van der Waals surface area contributed by atoms with Crippen molar-refractivity contribution >= 4 is 17.5 Å². The molecule has 5 nitrogen and oxygen atoms in total. The van der Waals surface area contributed by atoms with Crippen LogP contribution in [-0.2, 0) is 0 Å². The predicted octanol–water partition coefficient (Wildman–Crippen LogP) is 3.69. The third-order valence-electron chi connectivity index (χ3n) is 6.16. The second-order valence-corrected chi connectivity index (χ2v) is 8.06. The Morgan fingerprint density at radius 2 is 2.14 bits per heavy atom. The zero-order valence-corrected chi connectivity index (χ0v) is 18.0. The molecule has 156 valence electrons. The molecule has 1 atom stereocenters. The van der Waals surface area contributed by atoms with Crippen molar-refractivity contribution in [2.24, 2.45) is 21.5 Å². The molecule has 1 aromatic rings. The van der Waals surface area contributed by atoms with Gasteiger partial charge in [0.25, 0.3) is 0 Å². The van der Waals surface area contributed by atoms with Crippen LogP contribution in [-0.4, -0.2) is 38.1 Å². The maximum atomic E-state index is 6.81. The molecule has 0 bridgehead atoms. The van der Waals surface area contributed by atoms with E-state index in [1.807, 2.05) is 0 Å². The molecule has 5 heteroatoms. The largest absolute Gasteiger partial charge is 0.404 e. The molecule has 1 aliphatic carbocycles. The van der Waals surface area contributed by atoms with E-state index in [4.69, 9.17) is 16.5 Å². The van der Waals surface area contributed by atoms with Crippen LogP contribution < -0.4 is 16.8 Å². The first-order chi connectivity index (χ1) is 14.1. The van der Waals surface area contributed by atoms with Gasteiger partial charge >= 0.3 is 0 Å². The number of nitrogens with zero attached hydrogens (tertiary/aromatic N) is 2. The topological polar surface area (TPSA) is 88.8 Å². The molecule has 0 aromatic heterocycles. The van der Waals surface area contributed by atoms with Gasteiger partial charge in [-0.15, -0.1) is 0 Å². The smallest absolute Gasteiger partial charge is 0.0503 e. The molecule has 1 aromatic carbocycles. The molecule has 1 saturated carbocycles. The summed E-state index contributed by atoms with van der Waals surface area (Å²) in [7, 11) is 1.76. The lowest BCUT2D eigenvalue weighted by molar-refractivity contribution is 0.419. The van der Waals surface area contributed by atoms with E-state index in [-0.39, 0.29) is 5.92 Å². The van der Waals surface area contributed by atoms with Crippen LogP contribution in [0.2, 0.25) is 0 Å². The van der Waals surface area contributed by atoms with Gasteiger partial charge in [-0.2, -0.15) is 0 Å². The van der Waals surface area contributed by atoms with Gasteiger partial charge in [-0.3, -0.25) is 9.98 Å². The number of nitrogens with two attached hydrogens (primary N) is 2. The molecule has 3 rings (SSSR count). The van der Waals surface area contributed by atoms with Crippen LogP contribution in [0.4, 0.5) is 0 Å². The molecular formula is C24H35N5. The SMILES string of the molecule is CCC(C(N)=C1CNCCC1=NC1CCC1)c1ccc(C(C=NC)=CN)cc1C. The van der Waals surface area contributed by atoms with Crippen LogP contribution in [0, 0.1) is 6.92 Å². The van der Waals surface area contributed by atoms with Crippen LogP contribution in [0.25, 0.3) is 5.57 Å². The molecule has 0 radical (unpaired) electrons. The molecule has 2 aliphatic rings. The van der Waals surface area contributed by atoms with E-state index < -0.39 is 0 Å². The van der Waals surface area contributed by atoms with Crippen molar-refractivity contribution in [2.45, 2.75) is 57.9 Å². The molecular weight excluding hydrogens is 358 g/mol. The van der Waals surface area contributed by atoms with Gasteiger partial charge in [0.1, 0.15) is 0 Å². The lowest BCUT2D eigenvalue weighted by atomic mass is 9.84. The quantitative estimate of drug-likeness (QED) is 0.644. The second kappa shape index (κ2) is 9.88. The van der Waals surface area contributed by atoms with Crippen molar-refractivity contribution in [3.8, 4) is 0 Å². The third-order valence-corrected chi connectivity index (χ3v) is 6.16. The first-order valence-electron chi connectivity index (χ1n) is 10.8. The molecule has 2 fully saturated rings. The first-order valence-corrected chi connectivity index (χ1v) is 10.8. The van der Waals surface area contributed by atoms with Gasteiger partial charge in [0, 0.05) is 67.4 Å². The highest BCUT2D eigenvalue weighted by Crippen LogP contribution is 2.32. The van der Waals surface area contributed by atoms with Gasteiger partial charge in [0.05, 0.1) is 6.04 Å². The highest BCUT2D eigenvalue weighted by molar-refractivity contribution is 6.09. The summed E-state index contributed by atoms with van der Waals surface area (Å²) < 4.78 is 0. The van der Waals surface area contributed by atoms with Gasteiger partial charge in [-0.05, 0) is 49.3 Å². The lowest BCUT2D eigenvalue weighted by Gasteiger charge is -2.29. The average molecular weight is 394 g/mol. The Kier molecular flexibility index (Phi) is 7.26. The molecule has 0 spiro atoms. The second-order valence-electron chi connectivity index (χ2n) is 8.06. The number of nitrogens with one attached hydrogen (secondary N) is 1. The number of benzene rings is 1. The summed E-state index contributed by atoms with van der Waals surface area (Å²) in [5.74, 6) is 0.190. The fourth-order valence-corrected chi connectivity index (χ4v) is 4.24. The van der Waals surface area contributed by atoms with Crippen molar-refractivity contribution in [1.29, 1.82) is 0 Å². The Morgan fingerprint density at radius 1 is 1.34 bits per heavy atom. The van der Waals surface area contributed by atoms with Crippen LogP contribution >= 0.6 is 0 Å². The van der Waals surface area contributed by atoms with Gasteiger partial charge in [0.2, 0.25) is 0 Å². The lowest BCUT2D eigenvalue weighted by Crippen LogP contribution is -2.35. The first kappa shape index (κ1) is 21.3. The summed E-state index contributed by atoms with van der Waals surface area (Å²) in [4.78, 5) is 9.15. The summed E-state index contributed by atoms with van der Waals surface area (Å²) >= 11 is 0. The zero-order valence-electron chi connectivity index (χ0n) is 18.0. The molecule has 5 N–H and O–H groups in total. The summed E-state index contributed by atoms with van der Waals surface area (Å²) in [6, 6.07) is 7.00. The van der Waals surface area contributed by atoms with E-state index in [1.54, 1.807) is 19.5 Å². The molecule has 29 heavy (non-hydrogen) atoms. The van der Waals surface area contributed by atoms with E-state index in [2.05, 4.69) is 42.4 Å². The highest BCUT2D eigenvalue weighted by atomic mass is 14.9. The van der Waals surface area contributed by atoms with Gasteiger partial charge in [-0.25, -0.2) is 0 Å². The number of aryl methyl sites for hydroxylation is 1. The normalized spacial score (nSPS) is 22.7. The number of piperidine rings is 1. The summed E-state index contributed by atoms with van der Waals surface area (Å²) in [5, 5.41) is 3.49. The van der Waals surface area contributed by atoms with E-state index in [9.17, 15) is 0 Å². The van der Waals surface area contributed by atoms with Gasteiger partial charge in [-0.1, -0.05) is 25.1 Å². The zero-order chi connectivity index (χ0) is 20.8. The molecule has 1 unspecified atom stereocenters. The van der Waals surface area contributed by atoms with E-state index in [0.717, 1.165) is 42.8 Å². The van der Waals surface area contributed by atoms with Crippen molar-refractivity contribution in [3.05, 3.63) is 52.4 Å². The minimum Gasteiger partial charge on any atom is -0.404 e. The molecule has 1 saturated heterocycles. The summed E-state index contributed by atoms with van der Waals surface area (Å²) in [6.45, 7) is 6.16. The number of aliphatic imine (C=N–C) groups is 2. The van der Waals surface area contributed by atoms with Crippen molar-refractivity contribution in [3.63, 3.8) is 0 Å². The van der Waals surface area contributed by atoms with E-state index in [0.29, 0.717) is 6.04 Å². The monoisotopic (exact) mass is 393 g/mol. The van der Waals surface area contributed by atoms with Crippen LogP contribution in [0.5, 0.6) is 0 Å². The number of hydrogen-bond acceptors (Lipinski definition) is 5. The number of hydrogen-bond donors (Lipinski definition) is 3. The van der Waals surface area contributed by atoms with Crippen molar-refractivity contribution in [1.82, 2.24) is 5.32 Å². The number of allylic oxidation sites excluding steroid dienone is 2. The van der Waals surface area contributed by atoms with E-state index in [1.165, 1.54) is 41.7 Å². The average Bonchev–Trinajstić information content (AvgIpc) is 2.70. The van der Waals surface area contributed by atoms with Crippen molar-refractivity contribution in [2.75, 3.05) is 20.1 Å². The minimum absolute atomic E-state index is 0.190. The Morgan fingerprint density at radius 3 is 2.72 bits per heavy atom. The van der Waals surface area contributed by atoms with E-state index >= 15 is 0 Å². The van der Waals surface area contributed by atoms with Crippen LogP contribution in [0.3, 0.4) is 0 Å². The Balaban J connectivity index is 1.95. The maximum Gasteiger partial charge on any atom is 0.0503 e. The summed E-state index contributed by atoms with van der Waals surface area (Å²) in [5.41, 5.74) is 20.5. The van der Waals surface area contributed by atoms with Gasteiger partial charge < -0.3 is 16.8 Å². The molecule has 1 aliphatic heterocycles. The predicted molar refractivity (Wildman–Crippen MR) is 125 cm³/mol. The third kappa shape index (κ3) is 4.78. The number of rotatable bonds is 6. The highest BCUT2D eigenvalue weighted by Gasteiger charge is 2.25. The maximum absolute atomic E-state index is 6.81. The molecule has 0 amide bonds.